The number of hydrogen-bond donors (Lipinski definition) is 1. The lowest BCUT2D eigenvalue weighted by molar-refractivity contribution is -0.120. The van der Waals surface area contributed by atoms with Crippen LogP contribution >= 0.6 is 0 Å². The van der Waals surface area contributed by atoms with Gasteiger partial charge in [-0.2, -0.15) is 0 Å². The van der Waals surface area contributed by atoms with Gasteiger partial charge in [0.2, 0.25) is 5.91 Å². The van der Waals surface area contributed by atoms with Crippen molar-refractivity contribution >= 4 is 11.8 Å². The Morgan fingerprint density at radius 1 is 1.22 bits per heavy atom. The van der Waals surface area contributed by atoms with Crippen molar-refractivity contribution in [2.24, 2.45) is 0 Å². The zero-order valence-corrected chi connectivity index (χ0v) is 9.58. The highest BCUT2D eigenvalue weighted by Crippen LogP contribution is 2.12. The number of carbonyl (C=O) groups excluding carboxylic acids is 2. The molecule has 1 aliphatic rings. The van der Waals surface area contributed by atoms with Crippen LogP contribution in [-0.2, 0) is 4.79 Å². The van der Waals surface area contributed by atoms with E-state index in [1.54, 1.807) is 0 Å². The molecule has 0 atom stereocenters. The molecule has 0 aliphatic carbocycles. The van der Waals surface area contributed by atoms with Gasteiger partial charge in [0.15, 0.2) is 11.6 Å². The zero-order valence-electron chi connectivity index (χ0n) is 9.58. The summed E-state index contributed by atoms with van der Waals surface area (Å²) < 4.78 is 25.8. The third-order valence-electron chi connectivity index (χ3n) is 2.77. The molecular formula is C12H12F2N2O2. The van der Waals surface area contributed by atoms with E-state index in [2.05, 4.69) is 5.32 Å². The minimum atomic E-state index is -1.05. The van der Waals surface area contributed by atoms with Crippen LogP contribution in [0.25, 0.3) is 0 Å². The Kier molecular flexibility index (Phi) is 3.55. The summed E-state index contributed by atoms with van der Waals surface area (Å²) in [5.41, 5.74) is 0.0863. The van der Waals surface area contributed by atoms with Crippen molar-refractivity contribution in [2.75, 3.05) is 19.6 Å². The van der Waals surface area contributed by atoms with Gasteiger partial charge in [-0.3, -0.25) is 9.59 Å². The predicted octanol–water partition coefficient (Wildman–Crippen LogP) is 0.927. The molecule has 1 saturated heterocycles. The van der Waals surface area contributed by atoms with Crippen molar-refractivity contribution < 1.29 is 18.4 Å². The average molecular weight is 254 g/mol. The highest BCUT2D eigenvalue weighted by molar-refractivity contribution is 5.94. The molecule has 6 heteroatoms. The second-order valence-corrected chi connectivity index (χ2v) is 4.02. The summed E-state index contributed by atoms with van der Waals surface area (Å²) in [5.74, 6) is -2.55. The molecule has 18 heavy (non-hydrogen) atoms. The molecule has 1 aliphatic heterocycles. The van der Waals surface area contributed by atoms with Crippen molar-refractivity contribution in [3.63, 3.8) is 0 Å². The summed E-state index contributed by atoms with van der Waals surface area (Å²) in [4.78, 5) is 24.6. The molecular weight excluding hydrogens is 242 g/mol. The lowest BCUT2D eigenvalue weighted by Gasteiger charge is -2.19. The molecule has 0 bridgehead atoms. The topological polar surface area (TPSA) is 49.4 Å². The Balaban J connectivity index is 2.14. The molecule has 0 unspecified atom stereocenters. The van der Waals surface area contributed by atoms with Crippen molar-refractivity contribution in [1.82, 2.24) is 10.2 Å². The van der Waals surface area contributed by atoms with Gasteiger partial charge in [-0.05, 0) is 18.2 Å². The SMILES string of the molecule is O=C1CCN(C(=O)c2ccc(F)c(F)c2)CCN1. The third-order valence-corrected chi connectivity index (χ3v) is 2.77. The molecule has 0 saturated carbocycles. The van der Waals surface area contributed by atoms with Crippen LogP contribution < -0.4 is 5.32 Å². The second kappa shape index (κ2) is 5.12. The number of rotatable bonds is 1. The Morgan fingerprint density at radius 3 is 2.72 bits per heavy atom. The number of benzene rings is 1. The van der Waals surface area contributed by atoms with E-state index in [9.17, 15) is 18.4 Å². The van der Waals surface area contributed by atoms with Gasteiger partial charge in [0.25, 0.3) is 5.91 Å². The Morgan fingerprint density at radius 2 is 2.00 bits per heavy atom. The fraction of sp³-hybridized carbons (Fsp3) is 0.333. The fourth-order valence-corrected chi connectivity index (χ4v) is 1.78. The molecule has 2 rings (SSSR count). The van der Waals surface area contributed by atoms with E-state index in [-0.39, 0.29) is 24.4 Å². The summed E-state index contributed by atoms with van der Waals surface area (Å²) in [5, 5.41) is 2.63. The number of nitrogens with one attached hydrogen (secondary N) is 1. The molecule has 0 radical (unpaired) electrons. The third kappa shape index (κ3) is 2.64. The summed E-state index contributed by atoms with van der Waals surface area (Å²) >= 11 is 0. The number of halogens is 2. The predicted molar refractivity (Wildman–Crippen MR) is 59.9 cm³/mol. The fourth-order valence-electron chi connectivity index (χ4n) is 1.78. The summed E-state index contributed by atoms with van der Waals surface area (Å²) in [6.45, 7) is 1.02. The largest absolute Gasteiger partial charge is 0.354 e. The van der Waals surface area contributed by atoms with Gasteiger partial charge >= 0.3 is 0 Å². The quantitative estimate of drug-likeness (QED) is 0.810. The van der Waals surface area contributed by atoms with Crippen LogP contribution in [0.3, 0.4) is 0 Å². The van der Waals surface area contributed by atoms with E-state index in [0.29, 0.717) is 13.1 Å². The number of nitrogens with zero attached hydrogens (tertiary/aromatic N) is 1. The molecule has 1 heterocycles. The van der Waals surface area contributed by atoms with E-state index in [4.69, 9.17) is 0 Å². The first-order chi connectivity index (χ1) is 8.58. The van der Waals surface area contributed by atoms with Gasteiger partial charge in [0.1, 0.15) is 0 Å². The van der Waals surface area contributed by atoms with E-state index in [1.807, 2.05) is 0 Å². The van der Waals surface area contributed by atoms with Gasteiger partial charge in [-0.25, -0.2) is 8.78 Å². The van der Waals surface area contributed by atoms with Crippen molar-refractivity contribution in [2.45, 2.75) is 6.42 Å². The average Bonchev–Trinajstić information content (AvgIpc) is 2.57. The van der Waals surface area contributed by atoms with Crippen LogP contribution in [0.5, 0.6) is 0 Å². The molecule has 0 spiro atoms. The van der Waals surface area contributed by atoms with Gasteiger partial charge in [-0.15, -0.1) is 0 Å². The van der Waals surface area contributed by atoms with Crippen molar-refractivity contribution in [3.05, 3.63) is 35.4 Å². The Hall–Kier alpha value is -1.98. The maximum absolute atomic E-state index is 13.0. The van der Waals surface area contributed by atoms with Crippen LogP contribution in [0.15, 0.2) is 18.2 Å². The molecule has 96 valence electrons. The van der Waals surface area contributed by atoms with Crippen LogP contribution in [0.1, 0.15) is 16.8 Å². The summed E-state index contributed by atoms with van der Waals surface area (Å²) in [7, 11) is 0. The van der Waals surface area contributed by atoms with Gasteiger partial charge in [0, 0.05) is 31.6 Å². The molecule has 2 amide bonds. The molecule has 4 nitrogen and oxygen atoms in total. The molecule has 1 N–H and O–H groups in total. The number of carbonyl (C=O) groups is 2. The smallest absolute Gasteiger partial charge is 0.254 e. The number of hydrogen-bond acceptors (Lipinski definition) is 2. The lowest BCUT2D eigenvalue weighted by atomic mass is 10.2. The first-order valence-corrected chi connectivity index (χ1v) is 5.59. The minimum absolute atomic E-state index is 0.0863. The first kappa shape index (κ1) is 12.5. The highest BCUT2D eigenvalue weighted by atomic mass is 19.2. The van der Waals surface area contributed by atoms with Crippen LogP contribution in [0, 0.1) is 11.6 Å². The standard InChI is InChI=1S/C12H12F2N2O2/c13-9-2-1-8(7-10(9)14)12(18)16-5-3-11(17)15-4-6-16/h1-2,7H,3-6H2,(H,15,17). The molecule has 1 aromatic carbocycles. The highest BCUT2D eigenvalue weighted by Gasteiger charge is 2.20. The van der Waals surface area contributed by atoms with Crippen molar-refractivity contribution in [1.29, 1.82) is 0 Å². The minimum Gasteiger partial charge on any atom is -0.354 e. The molecule has 0 aromatic heterocycles. The van der Waals surface area contributed by atoms with E-state index in [0.717, 1.165) is 12.1 Å². The lowest BCUT2D eigenvalue weighted by Crippen LogP contribution is -2.34. The summed E-state index contributed by atoms with van der Waals surface area (Å²) in [6, 6.07) is 3.03. The molecule has 1 fully saturated rings. The monoisotopic (exact) mass is 254 g/mol. The van der Waals surface area contributed by atoms with Crippen LogP contribution in [0.4, 0.5) is 8.78 Å². The van der Waals surface area contributed by atoms with Crippen LogP contribution in [-0.4, -0.2) is 36.3 Å². The zero-order chi connectivity index (χ0) is 13.1. The first-order valence-electron chi connectivity index (χ1n) is 5.59. The second-order valence-electron chi connectivity index (χ2n) is 4.02. The van der Waals surface area contributed by atoms with Crippen molar-refractivity contribution in [3.8, 4) is 0 Å². The number of amides is 2. The van der Waals surface area contributed by atoms with Gasteiger partial charge < -0.3 is 10.2 Å². The van der Waals surface area contributed by atoms with E-state index in [1.165, 1.54) is 11.0 Å². The molecule has 1 aromatic rings. The maximum Gasteiger partial charge on any atom is 0.254 e. The van der Waals surface area contributed by atoms with Gasteiger partial charge in [-0.1, -0.05) is 0 Å². The summed E-state index contributed by atoms with van der Waals surface area (Å²) in [6.07, 6.45) is 0.218. The Bertz CT molecular complexity index is 491. The normalized spacial score (nSPS) is 16.1. The van der Waals surface area contributed by atoms with Crippen LogP contribution in [0.2, 0.25) is 0 Å². The maximum atomic E-state index is 13.0. The van der Waals surface area contributed by atoms with E-state index >= 15 is 0 Å². The van der Waals surface area contributed by atoms with Gasteiger partial charge in [0.05, 0.1) is 0 Å². The Labute approximate surface area is 103 Å². The van der Waals surface area contributed by atoms with E-state index < -0.39 is 17.5 Å².